The van der Waals surface area contributed by atoms with Gasteiger partial charge in [0.25, 0.3) is 0 Å². The first-order chi connectivity index (χ1) is 37.0. The Morgan fingerprint density at radius 1 is 0.373 bits per heavy atom. The first-order valence-corrected chi connectivity index (χ1v) is 33.4. The number of esters is 1. The Balaban J connectivity index is 3.41. The van der Waals surface area contributed by atoms with Gasteiger partial charge in [-0.1, -0.05) is 300 Å². The highest BCUT2D eigenvalue weighted by Crippen LogP contribution is 2.17. The molecule has 0 aromatic carbocycles. The van der Waals surface area contributed by atoms with E-state index in [0.717, 1.165) is 51.4 Å². The zero-order valence-corrected chi connectivity index (χ0v) is 50.3. The van der Waals surface area contributed by atoms with Crippen molar-refractivity contribution in [1.29, 1.82) is 0 Å². The van der Waals surface area contributed by atoms with Crippen molar-refractivity contribution < 1.29 is 24.5 Å². The molecule has 75 heavy (non-hydrogen) atoms. The number of aliphatic hydroxyl groups excluding tert-OH is 2. The number of aliphatic hydroxyl groups is 2. The van der Waals surface area contributed by atoms with E-state index in [0.29, 0.717) is 19.4 Å². The normalized spacial score (nSPS) is 12.9. The first kappa shape index (κ1) is 72.8. The van der Waals surface area contributed by atoms with Gasteiger partial charge in [-0.15, -0.1) is 0 Å². The maximum atomic E-state index is 12.5. The molecule has 0 spiro atoms. The second kappa shape index (κ2) is 64.3. The van der Waals surface area contributed by atoms with E-state index in [1.165, 1.54) is 276 Å². The van der Waals surface area contributed by atoms with Crippen molar-refractivity contribution in [1.82, 2.24) is 5.32 Å². The van der Waals surface area contributed by atoms with Gasteiger partial charge in [0.1, 0.15) is 0 Å². The van der Waals surface area contributed by atoms with Crippen LogP contribution in [-0.2, 0) is 14.3 Å². The first-order valence-electron chi connectivity index (χ1n) is 33.4. The summed E-state index contributed by atoms with van der Waals surface area (Å²) in [6.07, 6.45) is 83.2. The van der Waals surface area contributed by atoms with Crippen molar-refractivity contribution >= 4 is 11.9 Å². The number of hydrogen-bond acceptors (Lipinski definition) is 5. The molecule has 6 nitrogen and oxygen atoms in total. The van der Waals surface area contributed by atoms with E-state index in [9.17, 15) is 19.8 Å². The summed E-state index contributed by atoms with van der Waals surface area (Å²) in [7, 11) is 0. The second-order valence-electron chi connectivity index (χ2n) is 22.8. The van der Waals surface area contributed by atoms with Crippen LogP contribution in [0.5, 0.6) is 0 Å². The Bertz CT molecular complexity index is 1260. The van der Waals surface area contributed by atoms with Gasteiger partial charge in [0.2, 0.25) is 5.91 Å². The molecule has 0 fully saturated rings. The molecule has 2 unspecified atom stereocenters. The van der Waals surface area contributed by atoms with Crippen LogP contribution in [0.25, 0.3) is 0 Å². The van der Waals surface area contributed by atoms with Crippen LogP contribution in [0.2, 0.25) is 0 Å². The van der Waals surface area contributed by atoms with Crippen LogP contribution < -0.4 is 5.32 Å². The minimum atomic E-state index is -0.845. The fraction of sp³-hybridized carbons (Fsp3) is 0.855. The van der Waals surface area contributed by atoms with Crippen molar-refractivity contribution in [3.63, 3.8) is 0 Å². The molecule has 3 N–H and O–H groups in total. The maximum absolute atomic E-state index is 12.5. The van der Waals surface area contributed by atoms with Crippen molar-refractivity contribution in [3.05, 3.63) is 48.6 Å². The standard InChI is InChI=1S/C69H129NO5/c1-3-5-7-9-11-13-15-17-18-35-39-43-47-51-55-59-63-69(74)75-64-60-56-52-48-44-40-36-33-31-29-27-25-23-21-19-20-22-24-26-28-30-32-34-38-42-46-50-54-58-62-68(73)70-66(65-71)67(72)61-57-53-49-45-41-37-16-14-12-10-8-6-4-2/h18-19,21,25,27,35,57,61,66-67,71-72H,3-17,20,22-24,26,28-34,36-56,58-60,62-65H2,1-2H3,(H,70,73)/b21-19-,27-25-,35-18-,61-57+. The Kier molecular flexibility index (Phi) is 62.5. The Labute approximate surface area is 467 Å². The molecule has 0 aromatic rings. The predicted molar refractivity (Wildman–Crippen MR) is 329 cm³/mol. The van der Waals surface area contributed by atoms with Crippen molar-refractivity contribution in [2.75, 3.05) is 13.2 Å². The monoisotopic (exact) mass is 1050 g/mol. The van der Waals surface area contributed by atoms with E-state index in [2.05, 4.69) is 55.6 Å². The third-order valence-electron chi connectivity index (χ3n) is 15.3. The minimum absolute atomic E-state index is 0.00418. The molecule has 0 radical (unpaired) electrons. The number of allylic oxidation sites excluding steroid dienone is 7. The summed E-state index contributed by atoms with van der Waals surface area (Å²) in [6, 6.07) is -0.629. The van der Waals surface area contributed by atoms with Crippen LogP contribution >= 0.6 is 0 Å². The van der Waals surface area contributed by atoms with E-state index in [1.807, 2.05) is 6.08 Å². The lowest BCUT2D eigenvalue weighted by Gasteiger charge is -2.20. The zero-order chi connectivity index (χ0) is 54.3. The number of nitrogens with one attached hydrogen (secondary N) is 1. The smallest absolute Gasteiger partial charge is 0.305 e. The largest absolute Gasteiger partial charge is 0.466 e. The number of unbranched alkanes of at least 4 members (excludes halogenated alkanes) is 45. The minimum Gasteiger partial charge on any atom is -0.466 e. The molecule has 6 heteroatoms. The molecule has 0 saturated heterocycles. The van der Waals surface area contributed by atoms with Crippen molar-refractivity contribution in [3.8, 4) is 0 Å². The third kappa shape index (κ3) is 60.9. The molecule has 0 aliphatic rings. The lowest BCUT2D eigenvalue weighted by molar-refractivity contribution is -0.143. The molecule has 0 bridgehead atoms. The van der Waals surface area contributed by atoms with E-state index in [-0.39, 0.29) is 18.5 Å². The van der Waals surface area contributed by atoms with Crippen molar-refractivity contribution in [2.45, 2.75) is 366 Å². The van der Waals surface area contributed by atoms with Gasteiger partial charge in [-0.05, 0) is 89.9 Å². The average molecular weight is 1050 g/mol. The van der Waals surface area contributed by atoms with Gasteiger partial charge in [0.15, 0.2) is 0 Å². The van der Waals surface area contributed by atoms with Gasteiger partial charge in [-0.25, -0.2) is 0 Å². The molecule has 0 saturated carbocycles. The lowest BCUT2D eigenvalue weighted by atomic mass is 10.0. The molecule has 0 aliphatic heterocycles. The van der Waals surface area contributed by atoms with Crippen LogP contribution in [-0.4, -0.2) is 47.4 Å². The number of rotatable bonds is 62. The summed E-state index contributed by atoms with van der Waals surface area (Å²) >= 11 is 0. The number of carbonyl (C=O) groups excluding carboxylic acids is 2. The van der Waals surface area contributed by atoms with Crippen LogP contribution in [0.1, 0.15) is 354 Å². The Hall–Kier alpha value is -2.18. The second-order valence-corrected chi connectivity index (χ2v) is 22.8. The summed E-state index contributed by atoms with van der Waals surface area (Å²) in [5, 5.41) is 23.1. The molecule has 0 rings (SSSR count). The third-order valence-corrected chi connectivity index (χ3v) is 15.3. The quantitative estimate of drug-likeness (QED) is 0.0320. The number of amides is 1. The van der Waals surface area contributed by atoms with Gasteiger partial charge < -0.3 is 20.3 Å². The molecular formula is C69H129NO5. The molecule has 0 aliphatic carbocycles. The molecule has 1 amide bonds. The summed E-state index contributed by atoms with van der Waals surface area (Å²) in [5.74, 6) is -0.0645. The van der Waals surface area contributed by atoms with E-state index < -0.39 is 12.1 Å². The summed E-state index contributed by atoms with van der Waals surface area (Å²) in [5.41, 5.74) is 0. The fourth-order valence-electron chi connectivity index (χ4n) is 10.2. The van der Waals surface area contributed by atoms with Gasteiger partial charge in [-0.2, -0.15) is 0 Å². The molecule has 440 valence electrons. The molecule has 2 atom stereocenters. The predicted octanol–water partition coefficient (Wildman–Crippen LogP) is 21.3. The number of hydrogen-bond donors (Lipinski definition) is 3. The molecule has 0 aromatic heterocycles. The lowest BCUT2D eigenvalue weighted by Crippen LogP contribution is -2.45. The highest BCUT2D eigenvalue weighted by Gasteiger charge is 2.18. The molecule has 0 heterocycles. The van der Waals surface area contributed by atoms with Crippen LogP contribution in [0.15, 0.2) is 48.6 Å². The Morgan fingerprint density at radius 2 is 0.667 bits per heavy atom. The van der Waals surface area contributed by atoms with Crippen LogP contribution in [0.4, 0.5) is 0 Å². The highest BCUT2D eigenvalue weighted by atomic mass is 16.5. The van der Waals surface area contributed by atoms with E-state index in [1.54, 1.807) is 6.08 Å². The van der Waals surface area contributed by atoms with Crippen molar-refractivity contribution in [2.24, 2.45) is 0 Å². The van der Waals surface area contributed by atoms with Crippen LogP contribution in [0.3, 0.4) is 0 Å². The van der Waals surface area contributed by atoms with Crippen LogP contribution in [0, 0.1) is 0 Å². The number of ether oxygens (including phenoxy) is 1. The van der Waals surface area contributed by atoms with Gasteiger partial charge in [-0.3, -0.25) is 9.59 Å². The maximum Gasteiger partial charge on any atom is 0.305 e. The summed E-state index contributed by atoms with van der Waals surface area (Å²) in [6.45, 7) is 4.90. The van der Waals surface area contributed by atoms with E-state index in [4.69, 9.17) is 4.74 Å². The van der Waals surface area contributed by atoms with Gasteiger partial charge in [0, 0.05) is 12.8 Å². The van der Waals surface area contributed by atoms with Gasteiger partial charge in [0.05, 0.1) is 25.4 Å². The van der Waals surface area contributed by atoms with Gasteiger partial charge >= 0.3 is 5.97 Å². The SMILES string of the molecule is CCCCCCCCC/C=C\CCCCCCCC(=O)OCCCCCCCCCCC/C=C\C/C=C\CCCCCCCCCCCCCCCC(=O)NC(CO)C(O)/C=C/CCCCCCCCCCCCC. The molecular weight excluding hydrogens is 923 g/mol. The fourth-order valence-corrected chi connectivity index (χ4v) is 10.2. The van der Waals surface area contributed by atoms with E-state index >= 15 is 0 Å². The Morgan fingerprint density at radius 3 is 1.03 bits per heavy atom. The summed E-state index contributed by atoms with van der Waals surface area (Å²) in [4.78, 5) is 24.5. The summed E-state index contributed by atoms with van der Waals surface area (Å²) < 4.78 is 5.49. The average Bonchev–Trinajstić information content (AvgIpc) is 3.41. The zero-order valence-electron chi connectivity index (χ0n) is 50.3. The highest BCUT2D eigenvalue weighted by molar-refractivity contribution is 5.76. The topological polar surface area (TPSA) is 95.9 Å². The number of carbonyl (C=O) groups is 2.